The number of aryl methyl sites for hydroxylation is 1. The molecule has 0 aromatic heterocycles. The van der Waals surface area contributed by atoms with E-state index in [9.17, 15) is 9.90 Å². The summed E-state index contributed by atoms with van der Waals surface area (Å²) in [5, 5.41) is 9.32. The molecule has 0 saturated heterocycles. The Kier molecular flexibility index (Phi) is 6.09. The maximum atomic E-state index is 11.4. The number of benzene rings is 2. The van der Waals surface area contributed by atoms with Crippen LogP contribution in [0.15, 0.2) is 34.8 Å². The van der Waals surface area contributed by atoms with Gasteiger partial charge in [0.2, 0.25) is 0 Å². The molecule has 0 spiro atoms. The monoisotopic (exact) mass is 394 g/mol. The number of halogens is 1. The SMILES string of the molecule is COc1cc(Br)cc(C(=O)O)c1OCCOc1cccc(C)c1C. The molecule has 0 aliphatic rings. The summed E-state index contributed by atoms with van der Waals surface area (Å²) in [4.78, 5) is 11.4. The molecule has 0 heterocycles. The van der Waals surface area contributed by atoms with Crippen molar-refractivity contribution in [3.63, 3.8) is 0 Å². The first-order valence-corrected chi connectivity index (χ1v) is 8.16. The predicted molar refractivity (Wildman–Crippen MR) is 94.6 cm³/mol. The fraction of sp³-hybridized carbons (Fsp3) is 0.278. The Morgan fingerprint density at radius 3 is 2.50 bits per heavy atom. The van der Waals surface area contributed by atoms with Crippen molar-refractivity contribution in [3.05, 3.63) is 51.5 Å². The number of carboxylic acid groups (broad SMARTS) is 1. The van der Waals surface area contributed by atoms with Gasteiger partial charge in [-0.15, -0.1) is 0 Å². The minimum absolute atomic E-state index is 0.0351. The Labute approximate surface area is 149 Å². The summed E-state index contributed by atoms with van der Waals surface area (Å²) in [7, 11) is 1.47. The van der Waals surface area contributed by atoms with E-state index < -0.39 is 5.97 Å². The number of carbonyl (C=O) groups is 1. The minimum Gasteiger partial charge on any atom is -0.493 e. The average molecular weight is 395 g/mol. The third-order valence-electron chi connectivity index (χ3n) is 3.61. The molecule has 128 valence electrons. The van der Waals surface area contributed by atoms with Gasteiger partial charge < -0.3 is 19.3 Å². The fourth-order valence-electron chi connectivity index (χ4n) is 2.20. The van der Waals surface area contributed by atoms with E-state index >= 15 is 0 Å². The van der Waals surface area contributed by atoms with Crippen molar-refractivity contribution in [2.24, 2.45) is 0 Å². The van der Waals surface area contributed by atoms with Gasteiger partial charge >= 0.3 is 5.97 Å². The van der Waals surface area contributed by atoms with Crippen LogP contribution in [0.5, 0.6) is 17.2 Å². The summed E-state index contributed by atoms with van der Waals surface area (Å²) in [5.41, 5.74) is 2.26. The molecule has 1 N–H and O–H groups in total. The van der Waals surface area contributed by atoms with Crippen LogP contribution in [0.4, 0.5) is 0 Å². The van der Waals surface area contributed by atoms with E-state index in [-0.39, 0.29) is 17.9 Å². The van der Waals surface area contributed by atoms with Gasteiger partial charge in [0.15, 0.2) is 11.5 Å². The molecule has 0 amide bonds. The molecular formula is C18H19BrO5. The van der Waals surface area contributed by atoms with Crippen LogP contribution in [0.25, 0.3) is 0 Å². The zero-order valence-electron chi connectivity index (χ0n) is 13.8. The smallest absolute Gasteiger partial charge is 0.339 e. The summed E-state index contributed by atoms with van der Waals surface area (Å²) in [6.45, 7) is 4.50. The second kappa shape index (κ2) is 8.06. The van der Waals surface area contributed by atoms with Gasteiger partial charge in [-0.25, -0.2) is 4.79 Å². The fourth-order valence-corrected chi connectivity index (χ4v) is 2.64. The first-order chi connectivity index (χ1) is 11.4. The van der Waals surface area contributed by atoms with Gasteiger partial charge in [-0.3, -0.25) is 0 Å². The topological polar surface area (TPSA) is 65.0 Å². The van der Waals surface area contributed by atoms with E-state index in [1.165, 1.54) is 13.2 Å². The van der Waals surface area contributed by atoms with Gasteiger partial charge in [-0.05, 0) is 43.2 Å². The molecule has 0 atom stereocenters. The van der Waals surface area contributed by atoms with E-state index in [4.69, 9.17) is 14.2 Å². The third kappa shape index (κ3) is 4.20. The number of aromatic carboxylic acids is 1. The number of ether oxygens (including phenoxy) is 3. The summed E-state index contributed by atoms with van der Waals surface area (Å²) in [5.74, 6) is 0.256. The van der Waals surface area contributed by atoms with E-state index in [0.29, 0.717) is 16.8 Å². The number of methoxy groups -OCH3 is 1. The highest BCUT2D eigenvalue weighted by Crippen LogP contribution is 2.35. The molecule has 0 saturated carbocycles. The lowest BCUT2D eigenvalue weighted by atomic mass is 10.1. The van der Waals surface area contributed by atoms with Crippen LogP contribution in [0.2, 0.25) is 0 Å². The van der Waals surface area contributed by atoms with Crippen LogP contribution >= 0.6 is 15.9 Å². The molecular weight excluding hydrogens is 376 g/mol. The van der Waals surface area contributed by atoms with Crippen molar-refractivity contribution >= 4 is 21.9 Å². The highest BCUT2D eigenvalue weighted by Gasteiger charge is 2.18. The predicted octanol–water partition coefficient (Wildman–Crippen LogP) is 4.23. The van der Waals surface area contributed by atoms with Gasteiger partial charge in [-0.2, -0.15) is 0 Å². The van der Waals surface area contributed by atoms with Gasteiger partial charge in [0, 0.05) is 4.47 Å². The van der Waals surface area contributed by atoms with E-state index in [0.717, 1.165) is 16.9 Å². The summed E-state index contributed by atoms with van der Waals surface area (Å²) >= 11 is 3.26. The first kappa shape index (κ1) is 18.1. The lowest BCUT2D eigenvalue weighted by Gasteiger charge is -2.15. The van der Waals surface area contributed by atoms with Crippen molar-refractivity contribution in [2.45, 2.75) is 13.8 Å². The third-order valence-corrected chi connectivity index (χ3v) is 4.07. The summed E-state index contributed by atoms with van der Waals surface area (Å²) in [6, 6.07) is 8.98. The van der Waals surface area contributed by atoms with Crippen molar-refractivity contribution in [2.75, 3.05) is 20.3 Å². The van der Waals surface area contributed by atoms with Crippen LogP contribution < -0.4 is 14.2 Å². The molecule has 0 fully saturated rings. The summed E-state index contributed by atoms with van der Waals surface area (Å²) in [6.07, 6.45) is 0. The number of hydrogen-bond donors (Lipinski definition) is 1. The molecule has 0 aliphatic heterocycles. The van der Waals surface area contributed by atoms with Crippen LogP contribution in [0, 0.1) is 13.8 Å². The van der Waals surface area contributed by atoms with Gasteiger partial charge in [-0.1, -0.05) is 28.1 Å². The Bertz CT molecular complexity index is 742. The average Bonchev–Trinajstić information content (AvgIpc) is 2.55. The lowest BCUT2D eigenvalue weighted by molar-refractivity contribution is 0.0690. The van der Waals surface area contributed by atoms with E-state index in [1.54, 1.807) is 6.07 Å². The highest BCUT2D eigenvalue weighted by atomic mass is 79.9. The standard InChI is InChI=1S/C18H19BrO5/c1-11-5-4-6-15(12(11)2)23-7-8-24-17-14(18(20)21)9-13(19)10-16(17)22-3/h4-6,9-10H,7-8H2,1-3H3,(H,20,21). The number of rotatable bonds is 7. The van der Waals surface area contributed by atoms with Crippen LogP contribution in [0.3, 0.4) is 0 Å². The van der Waals surface area contributed by atoms with Crippen LogP contribution in [0.1, 0.15) is 21.5 Å². The quantitative estimate of drug-likeness (QED) is 0.711. The molecule has 0 radical (unpaired) electrons. The normalized spacial score (nSPS) is 10.3. The maximum Gasteiger partial charge on any atom is 0.339 e. The summed E-state index contributed by atoms with van der Waals surface area (Å²) < 4.78 is 17.1. The molecule has 0 aliphatic carbocycles. The lowest BCUT2D eigenvalue weighted by Crippen LogP contribution is -2.12. The molecule has 2 aromatic carbocycles. The van der Waals surface area contributed by atoms with Crippen molar-refractivity contribution in [3.8, 4) is 17.2 Å². The molecule has 5 nitrogen and oxygen atoms in total. The van der Waals surface area contributed by atoms with E-state index in [1.807, 2.05) is 32.0 Å². The maximum absolute atomic E-state index is 11.4. The van der Waals surface area contributed by atoms with Gasteiger partial charge in [0.05, 0.1) is 7.11 Å². The van der Waals surface area contributed by atoms with Crippen molar-refractivity contribution < 1.29 is 24.1 Å². The molecule has 0 bridgehead atoms. The highest BCUT2D eigenvalue weighted by molar-refractivity contribution is 9.10. The molecule has 0 unspecified atom stereocenters. The van der Waals surface area contributed by atoms with Gasteiger partial charge in [0.1, 0.15) is 24.5 Å². The minimum atomic E-state index is -1.08. The zero-order chi connectivity index (χ0) is 17.7. The Morgan fingerprint density at radius 2 is 1.83 bits per heavy atom. The molecule has 6 heteroatoms. The first-order valence-electron chi connectivity index (χ1n) is 7.36. The number of hydrogen-bond acceptors (Lipinski definition) is 4. The number of carboxylic acids is 1. The Hall–Kier alpha value is -2.21. The van der Waals surface area contributed by atoms with Crippen LogP contribution in [-0.2, 0) is 0 Å². The zero-order valence-corrected chi connectivity index (χ0v) is 15.3. The molecule has 2 rings (SSSR count). The Balaban J connectivity index is 2.06. The van der Waals surface area contributed by atoms with E-state index in [2.05, 4.69) is 15.9 Å². The molecule has 2 aromatic rings. The second-order valence-electron chi connectivity index (χ2n) is 5.18. The van der Waals surface area contributed by atoms with Gasteiger partial charge in [0.25, 0.3) is 0 Å². The second-order valence-corrected chi connectivity index (χ2v) is 6.10. The Morgan fingerprint density at radius 1 is 1.12 bits per heavy atom. The molecule has 24 heavy (non-hydrogen) atoms. The van der Waals surface area contributed by atoms with Crippen LogP contribution in [-0.4, -0.2) is 31.4 Å². The largest absolute Gasteiger partial charge is 0.493 e. The van der Waals surface area contributed by atoms with Crippen molar-refractivity contribution in [1.82, 2.24) is 0 Å². The van der Waals surface area contributed by atoms with Crippen molar-refractivity contribution in [1.29, 1.82) is 0 Å².